The molecular weight excluding hydrogens is 432 g/mol. The Bertz CT molecular complexity index is 1040. The Kier molecular flexibility index (Phi) is 10.9. The summed E-state index contributed by atoms with van der Waals surface area (Å²) >= 11 is 0. The lowest BCUT2D eigenvalue weighted by Gasteiger charge is -2.21. The molecule has 0 amide bonds. The fourth-order valence-electron chi connectivity index (χ4n) is 4.57. The second-order valence-electron chi connectivity index (χ2n) is 9.83. The van der Waals surface area contributed by atoms with Crippen LogP contribution in [0.1, 0.15) is 81.6 Å². The molecule has 4 rings (SSSR count). The highest BCUT2D eigenvalue weighted by atomic mass is 16.3. The van der Waals surface area contributed by atoms with Gasteiger partial charge in [0.25, 0.3) is 0 Å². The number of ketones is 1. The van der Waals surface area contributed by atoms with Gasteiger partial charge in [0.05, 0.1) is 5.52 Å². The van der Waals surface area contributed by atoms with Gasteiger partial charge in [-0.1, -0.05) is 76.1 Å². The Balaban J connectivity index is 0.000000199. The number of aryl methyl sites for hydroxylation is 1. The summed E-state index contributed by atoms with van der Waals surface area (Å²) in [7, 11) is 0. The van der Waals surface area contributed by atoms with Crippen molar-refractivity contribution in [1.82, 2.24) is 9.47 Å². The molecule has 0 aliphatic heterocycles. The van der Waals surface area contributed by atoms with Crippen LogP contribution in [-0.2, 0) is 13.0 Å². The van der Waals surface area contributed by atoms with E-state index in [0.717, 1.165) is 48.7 Å². The van der Waals surface area contributed by atoms with Crippen LogP contribution in [0.4, 0.5) is 0 Å². The van der Waals surface area contributed by atoms with Crippen LogP contribution in [-0.4, -0.2) is 40.0 Å². The standard InChI is InChI=1S/C16H19NO2.C15H25N/c1-2-3-9-17-10-13(16(19)11-7-8-11)12-5-4-6-14(18)15(12)17;1-3-5-13-16(12-4-2)14-11-15-9-7-6-8-10-15/h4-6,10-11,18H,2-3,7-9H2,1H3;6-10H,3-5,11-14H2,1-2H3. The number of Topliss-reactive ketones (excluding diaryl/α,β-unsaturated/α-hetero) is 1. The second-order valence-corrected chi connectivity index (χ2v) is 9.83. The number of carbonyl (C=O) groups is 1. The molecule has 1 saturated carbocycles. The molecule has 1 heterocycles. The molecule has 190 valence electrons. The van der Waals surface area contributed by atoms with Gasteiger partial charge in [-0.2, -0.15) is 0 Å². The van der Waals surface area contributed by atoms with Crippen LogP contribution < -0.4 is 0 Å². The quantitative estimate of drug-likeness (QED) is 0.260. The molecule has 2 aromatic carbocycles. The summed E-state index contributed by atoms with van der Waals surface area (Å²) < 4.78 is 2.03. The maximum atomic E-state index is 12.3. The van der Waals surface area contributed by atoms with Gasteiger partial charge in [0.1, 0.15) is 5.75 Å². The van der Waals surface area contributed by atoms with Gasteiger partial charge in [-0.3, -0.25) is 4.79 Å². The van der Waals surface area contributed by atoms with Crippen LogP contribution in [0.5, 0.6) is 5.75 Å². The van der Waals surface area contributed by atoms with Gasteiger partial charge in [0, 0.05) is 36.2 Å². The molecule has 1 aliphatic rings. The van der Waals surface area contributed by atoms with E-state index in [1.54, 1.807) is 6.07 Å². The fraction of sp³-hybridized carbons (Fsp3) is 0.516. The lowest BCUT2D eigenvalue weighted by molar-refractivity contribution is 0.0969. The number of unbranched alkanes of at least 4 members (excludes halogenated alkanes) is 2. The second kappa shape index (κ2) is 14.1. The largest absolute Gasteiger partial charge is 0.506 e. The van der Waals surface area contributed by atoms with Gasteiger partial charge in [-0.05, 0) is 63.2 Å². The Labute approximate surface area is 212 Å². The third kappa shape index (κ3) is 7.96. The number of para-hydroxylation sites is 1. The molecule has 4 heteroatoms. The number of phenolic OH excluding ortho intramolecular Hbond substituents is 1. The number of carbonyl (C=O) groups excluding carboxylic acids is 1. The summed E-state index contributed by atoms with van der Waals surface area (Å²) in [4.78, 5) is 14.9. The Morgan fingerprint density at radius 3 is 2.31 bits per heavy atom. The number of fused-ring (bicyclic) bond motifs is 1. The molecule has 3 aromatic rings. The van der Waals surface area contributed by atoms with Gasteiger partial charge in [0.2, 0.25) is 0 Å². The Hall–Kier alpha value is -2.59. The number of aromatic nitrogens is 1. The molecule has 0 unspecified atom stereocenters. The topological polar surface area (TPSA) is 45.5 Å². The third-order valence-electron chi connectivity index (χ3n) is 6.77. The van der Waals surface area contributed by atoms with Crippen molar-refractivity contribution in [3.05, 3.63) is 65.9 Å². The highest BCUT2D eigenvalue weighted by Gasteiger charge is 2.32. The SMILES string of the molecule is CCCCN(CCC)CCc1ccccc1.CCCCn1cc(C(=O)C2CC2)c2cccc(O)c21. The van der Waals surface area contributed by atoms with Crippen LogP contribution in [0.3, 0.4) is 0 Å². The summed E-state index contributed by atoms with van der Waals surface area (Å²) in [6.45, 7) is 11.2. The monoisotopic (exact) mass is 476 g/mol. The van der Waals surface area contributed by atoms with Gasteiger partial charge < -0.3 is 14.6 Å². The normalized spacial score (nSPS) is 13.1. The summed E-state index contributed by atoms with van der Waals surface area (Å²) in [5.74, 6) is 0.724. The minimum absolute atomic E-state index is 0.215. The lowest BCUT2D eigenvalue weighted by Crippen LogP contribution is -2.28. The predicted octanol–water partition coefficient (Wildman–Crippen LogP) is 7.48. The van der Waals surface area contributed by atoms with E-state index in [2.05, 4.69) is 56.0 Å². The van der Waals surface area contributed by atoms with E-state index < -0.39 is 0 Å². The first-order chi connectivity index (χ1) is 17.1. The van der Waals surface area contributed by atoms with Crippen molar-refractivity contribution in [2.45, 2.75) is 78.7 Å². The summed E-state index contributed by atoms with van der Waals surface area (Å²) in [6.07, 6.45) is 11.2. The van der Waals surface area contributed by atoms with E-state index in [1.165, 1.54) is 50.9 Å². The fourth-order valence-corrected chi connectivity index (χ4v) is 4.57. The zero-order valence-corrected chi connectivity index (χ0v) is 22.0. The molecule has 0 spiro atoms. The summed E-state index contributed by atoms with van der Waals surface area (Å²) in [5, 5.41) is 11.0. The van der Waals surface area contributed by atoms with Crippen molar-refractivity contribution >= 4 is 16.7 Å². The van der Waals surface area contributed by atoms with E-state index >= 15 is 0 Å². The number of benzene rings is 2. The Morgan fingerprint density at radius 2 is 1.66 bits per heavy atom. The molecule has 1 aliphatic carbocycles. The van der Waals surface area contributed by atoms with Crippen molar-refractivity contribution in [1.29, 1.82) is 0 Å². The predicted molar refractivity (Wildman–Crippen MR) is 147 cm³/mol. The van der Waals surface area contributed by atoms with Crippen molar-refractivity contribution < 1.29 is 9.90 Å². The van der Waals surface area contributed by atoms with Gasteiger partial charge in [-0.15, -0.1) is 0 Å². The van der Waals surface area contributed by atoms with E-state index in [4.69, 9.17) is 0 Å². The highest BCUT2D eigenvalue weighted by molar-refractivity contribution is 6.10. The maximum absolute atomic E-state index is 12.3. The minimum atomic E-state index is 0.215. The first kappa shape index (κ1) is 27.0. The van der Waals surface area contributed by atoms with Crippen LogP contribution in [0, 0.1) is 5.92 Å². The molecule has 35 heavy (non-hydrogen) atoms. The number of nitrogens with zero attached hydrogens (tertiary/aromatic N) is 2. The number of rotatable bonds is 13. The van der Waals surface area contributed by atoms with Crippen molar-refractivity contribution in [2.75, 3.05) is 19.6 Å². The van der Waals surface area contributed by atoms with E-state index in [0.29, 0.717) is 0 Å². The smallest absolute Gasteiger partial charge is 0.168 e. The lowest BCUT2D eigenvalue weighted by atomic mass is 10.1. The molecule has 4 nitrogen and oxygen atoms in total. The maximum Gasteiger partial charge on any atom is 0.168 e. The summed E-state index contributed by atoms with van der Waals surface area (Å²) in [6, 6.07) is 16.2. The molecule has 1 fully saturated rings. The Morgan fingerprint density at radius 1 is 0.914 bits per heavy atom. The average molecular weight is 477 g/mol. The average Bonchev–Trinajstić information content (AvgIpc) is 3.66. The van der Waals surface area contributed by atoms with Crippen LogP contribution in [0.2, 0.25) is 0 Å². The first-order valence-corrected chi connectivity index (χ1v) is 13.7. The minimum Gasteiger partial charge on any atom is -0.506 e. The molecule has 0 saturated heterocycles. The number of phenols is 1. The zero-order chi connectivity index (χ0) is 25.0. The van der Waals surface area contributed by atoms with Crippen molar-refractivity contribution in [2.24, 2.45) is 5.92 Å². The van der Waals surface area contributed by atoms with Crippen LogP contribution >= 0.6 is 0 Å². The van der Waals surface area contributed by atoms with Crippen molar-refractivity contribution in [3.63, 3.8) is 0 Å². The van der Waals surface area contributed by atoms with Crippen molar-refractivity contribution in [3.8, 4) is 5.75 Å². The van der Waals surface area contributed by atoms with Gasteiger partial charge in [0.15, 0.2) is 5.78 Å². The molecule has 1 aromatic heterocycles. The van der Waals surface area contributed by atoms with Gasteiger partial charge >= 0.3 is 0 Å². The molecule has 0 bridgehead atoms. The zero-order valence-electron chi connectivity index (χ0n) is 22.0. The van der Waals surface area contributed by atoms with E-state index in [1.807, 2.05) is 22.9 Å². The van der Waals surface area contributed by atoms with Crippen LogP contribution in [0.15, 0.2) is 54.7 Å². The summed E-state index contributed by atoms with van der Waals surface area (Å²) in [5.41, 5.74) is 3.05. The number of hydrogen-bond donors (Lipinski definition) is 1. The number of aromatic hydroxyl groups is 1. The molecular formula is C31H44N2O2. The third-order valence-corrected chi connectivity index (χ3v) is 6.77. The first-order valence-electron chi connectivity index (χ1n) is 13.7. The van der Waals surface area contributed by atoms with E-state index in [9.17, 15) is 9.90 Å². The van der Waals surface area contributed by atoms with E-state index in [-0.39, 0.29) is 17.5 Å². The molecule has 0 radical (unpaired) electrons. The highest BCUT2D eigenvalue weighted by Crippen LogP contribution is 2.37. The van der Waals surface area contributed by atoms with Gasteiger partial charge in [-0.25, -0.2) is 0 Å². The molecule has 1 N–H and O–H groups in total. The molecule has 0 atom stereocenters. The van der Waals surface area contributed by atoms with Crippen LogP contribution in [0.25, 0.3) is 10.9 Å². The number of hydrogen-bond acceptors (Lipinski definition) is 3.